The van der Waals surface area contributed by atoms with Crippen molar-refractivity contribution in [2.24, 2.45) is 5.14 Å². The Bertz CT molecular complexity index is 945. The number of hydrogen-bond acceptors (Lipinski definition) is 4. The maximum absolute atomic E-state index is 11.0. The summed E-state index contributed by atoms with van der Waals surface area (Å²) in [6.07, 6.45) is 9.19. The topological polar surface area (TPSA) is 93.2 Å². The summed E-state index contributed by atoms with van der Waals surface area (Å²) in [5, 5.41) is 14.4. The van der Waals surface area contributed by atoms with Gasteiger partial charge in [-0.2, -0.15) is 18.8 Å². The Labute approximate surface area is 168 Å². The van der Waals surface area contributed by atoms with E-state index in [9.17, 15) is 13.7 Å². The first-order chi connectivity index (χ1) is 13.4. The summed E-state index contributed by atoms with van der Waals surface area (Å²) >= 11 is 0. The molecule has 0 atom stereocenters. The lowest BCUT2D eigenvalue weighted by atomic mass is 9.55. The number of nitrogens with zero attached hydrogens (tertiary/aromatic N) is 1. The van der Waals surface area contributed by atoms with Crippen molar-refractivity contribution < 1.29 is 12.6 Å². The van der Waals surface area contributed by atoms with E-state index in [0.717, 1.165) is 18.4 Å². The van der Waals surface area contributed by atoms with Crippen LogP contribution in [0.25, 0.3) is 11.1 Å². The standard InChI is InChI=1S/C21H25BN2O3S/c23-15-17-8-11-19(22-18-6-4-2-1-3-5-7-18)14-21(17)16-9-12-20(13-10-16)27-28(24,25)26/h8-14,18,22H,1-7H2,(H2,24,25,26). The maximum Gasteiger partial charge on any atom is 0.380 e. The molecule has 2 N–H and O–H groups in total. The maximum atomic E-state index is 11.0. The Hall–Kier alpha value is -2.30. The minimum atomic E-state index is -4.05. The van der Waals surface area contributed by atoms with Gasteiger partial charge in [0.1, 0.15) is 5.75 Å². The van der Waals surface area contributed by atoms with Gasteiger partial charge in [-0.05, 0) is 29.3 Å². The molecule has 1 fully saturated rings. The summed E-state index contributed by atoms with van der Waals surface area (Å²) in [5.74, 6) is 0.849. The minimum Gasteiger partial charge on any atom is -0.371 e. The van der Waals surface area contributed by atoms with Crippen molar-refractivity contribution >= 4 is 23.0 Å². The van der Waals surface area contributed by atoms with Crippen molar-refractivity contribution in [1.82, 2.24) is 0 Å². The molecule has 28 heavy (non-hydrogen) atoms. The van der Waals surface area contributed by atoms with Crippen LogP contribution in [-0.2, 0) is 10.3 Å². The van der Waals surface area contributed by atoms with Crippen LogP contribution < -0.4 is 14.8 Å². The lowest BCUT2D eigenvalue weighted by molar-refractivity contribution is 0.488. The van der Waals surface area contributed by atoms with E-state index in [1.54, 1.807) is 24.3 Å². The van der Waals surface area contributed by atoms with Gasteiger partial charge >= 0.3 is 10.3 Å². The molecule has 3 rings (SSSR count). The molecule has 0 unspecified atom stereocenters. The van der Waals surface area contributed by atoms with Gasteiger partial charge in [-0.15, -0.1) is 0 Å². The molecule has 0 aliphatic heterocycles. The van der Waals surface area contributed by atoms with E-state index in [0.29, 0.717) is 11.4 Å². The van der Waals surface area contributed by atoms with Gasteiger partial charge in [0, 0.05) is 0 Å². The molecule has 2 aromatic rings. The Morgan fingerprint density at radius 3 is 2.25 bits per heavy atom. The Kier molecular flexibility index (Phi) is 6.76. The smallest absolute Gasteiger partial charge is 0.371 e. The van der Waals surface area contributed by atoms with Gasteiger partial charge in [0.2, 0.25) is 0 Å². The minimum absolute atomic E-state index is 0.149. The molecule has 146 valence electrons. The van der Waals surface area contributed by atoms with Crippen molar-refractivity contribution in [3.63, 3.8) is 0 Å². The predicted octanol–water partition coefficient (Wildman–Crippen LogP) is 3.40. The van der Waals surface area contributed by atoms with Gasteiger partial charge in [-0.3, -0.25) is 0 Å². The van der Waals surface area contributed by atoms with E-state index in [-0.39, 0.29) is 5.75 Å². The quantitative estimate of drug-likeness (QED) is 0.784. The molecular formula is C21H25BN2O3S. The zero-order valence-corrected chi connectivity index (χ0v) is 16.7. The summed E-state index contributed by atoms with van der Waals surface area (Å²) in [7, 11) is -3.02. The lowest BCUT2D eigenvalue weighted by Crippen LogP contribution is -2.21. The number of nitrogens with two attached hydrogens (primary N) is 1. The fourth-order valence-corrected chi connectivity index (χ4v) is 4.34. The summed E-state index contributed by atoms with van der Waals surface area (Å²) in [5.41, 5.74) is 3.54. The molecule has 7 heteroatoms. The Morgan fingerprint density at radius 1 is 1.00 bits per heavy atom. The van der Waals surface area contributed by atoms with Gasteiger partial charge in [0.05, 0.1) is 11.6 Å². The largest absolute Gasteiger partial charge is 0.380 e. The third-order valence-corrected chi connectivity index (χ3v) is 5.76. The van der Waals surface area contributed by atoms with Crippen LogP contribution >= 0.6 is 0 Å². The van der Waals surface area contributed by atoms with E-state index >= 15 is 0 Å². The van der Waals surface area contributed by atoms with Crippen LogP contribution in [0.5, 0.6) is 5.75 Å². The average molecular weight is 396 g/mol. The number of hydrogen-bond donors (Lipinski definition) is 1. The van der Waals surface area contributed by atoms with E-state index in [1.807, 2.05) is 6.07 Å². The predicted molar refractivity (Wildman–Crippen MR) is 113 cm³/mol. The van der Waals surface area contributed by atoms with Crippen molar-refractivity contribution in [1.29, 1.82) is 5.26 Å². The number of rotatable bonds is 5. The van der Waals surface area contributed by atoms with E-state index in [2.05, 4.69) is 22.4 Å². The normalized spacial score (nSPS) is 15.9. The molecule has 1 saturated carbocycles. The van der Waals surface area contributed by atoms with Crippen LogP contribution in [0, 0.1) is 11.3 Å². The summed E-state index contributed by atoms with van der Waals surface area (Å²) in [6, 6.07) is 14.9. The molecule has 0 saturated heterocycles. The van der Waals surface area contributed by atoms with Gasteiger partial charge in [-0.1, -0.05) is 80.5 Å². The van der Waals surface area contributed by atoms with Gasteiger partial charge in [-0.25, -0.2) is 0 Å². The van der Waals surface area contributed by atoms with Crippen molar-refractivity contribution in [2.45, 2.75) is 50.8 Å². The highest BCUT2D eigenvalue weighted by atomic mass is 32.2. The first-order valence-electron chi connectivity index (χ1n) is 9.80. The van der Waals surface area contributed by atoms with Crippen molar-refractivity contribution in [2.75, 3.05) is 0 Å². The average Bonchev–Trinajstić information content (AvgIpc) is 2.63. The van der Waals surface area contributed by atoms with Crippen LogP contribution in [0.4, 0.5) is 0 Å². The highest BCUT2D eigenvalue weighted by Crippen LogP contribution is 2.28. The molecule has 1 aliphatic rings. The molecule has 2 aromatic carbocycles. The van der Waals surface area contributed by atoms with E-state index in [1.165, 1.54) is 50.4 Å². The van der Waals surface area contributed by atoms with E-state index in [4.69, 9.17) is 5.14 Å². The monoisotopic (exact) mass is 396 g/mol. The summed E-state index contributed by atoms with van der Waals surface area (Å²) < 4.78 is 26.8. The third-order valence-electron chi connectivity index (χ3n) is 5.33. The van der Waals surface area contributed by atoms with Gasteiger partial charge in [0.25, 0.3) is 0 Å². The molecule has 0 radical (unpaired) electrons. The second-order valence-corrected chi connectivity index (χ2v) is 8.66. The fraction of sp³-hybridized carbons (Fsp3) is 0.381. The Balaban J connectivity index is 1.82. The third kappa shape index (κ3) is 5.85. The number of benzene rings is 2. The van der Waals surface area contributed by atoms with Crippen LogP contribution in [0.1, 0.15) is 50.5 Å². The Morgan fingerprint density at radius 2 is 1.64 bits per heavy atom. The molecule has 1 aliphatic carbocycles. The molecule has 0 spiro atoms. The van der Waals surface area contributed by atoms with Gasteiger partial charge < -0.3 is 4.18 Å². The SMILES string of the molecule is N#Cc1ccc(BC2CCCCCCC2)cc1-c1ccc(OS(N)(=O)=O)cc1. The molecule has 0 bridgehead atoms. The highest BCUT2D eigenvalue weighted by Gasteiger charge is 2.15. The van der Waals surface area contributed by atoms with Crippen molar-refractivity contribution in [3.8, 4) is 22.9 Å². The first kappa shape index (κ1) is 20.4. The van der Waals surface area contributed by atoms with Crippen LogP contribution in [-0.4, -0.2) is 15.7 Å². The lowest BCUT2D eigenvalue weighted by Gasteiger charge is -2.19. The zero-order chi connectivity index (χ0) is 20.0. The number of nitriles is 1. The van der Waals surface area contributed by atoms with E-state index < -0.39 is 10.3 Å². The molecule has 0 aromatic heterocycles. The van der Waals surface area contributed by atoms with Crippen LogP contribution in [0.15, 0.2) is 42.5 Å². The van der Waals surface area contributed by atoms with Crippen LogP contribution in [0.2, 0.25) is 5.82 Å². The fourth-order valence-electron chi connectivity index (χ4n) is 3.96. The second kappa shape index (κ2) is 9.27. The van der Waals surface area contributed by atoms with Crippen molar-refractivity contribution in [3.05, 3.63) is 48.0 Å². The molecule has 5 nitrogen and oxygen atoms in total. The molecule has 0 amide bonds. The second-order valence-electron chi connectivity index (χ2n) is 7.51. The van der Waals surface area contributed by atoms with Gasteiger partial charge in [0.15, 0.2) is 7.28 Å². The zero-order valence-electron chi connectivity index (χ0n) is 15.9. The highest BCUT2D eigenvalue weighted by molar-refractivity contribution is 7.84. The molecule has 0 heterocycles. The summed E-state index contributed by atoms with van der Waals surface area (Å²) in [4.78, 5) is 0. The van der Waals surface area contributed by atoms with Crippen LogP contribution in [0.3, 0.4) is 0 Å². The molecular weight excluding hydrogens is 371 g/mol. The first-order valence-corrected chi connectivity index (χ1v) is 11.3. The summed E-state index contributed by atoms with van der Waals surface area (Å²) in [6.45, 7) is 0.